The topological polar surface area (TPSA) is 46.5 Å². The molecule has 1 N–H and O–H groups in total. The van der Waals surface area contributed by atoms with Gasteiger partial charge in [-0.05, 0) is 16.7 Å². The fourth-order valence-electron chi connectivity index (χ4n) is 0.741. The molecule has 0 aliphatic carbocycles. The molecule has 2 atom stereocenters. The largest absolute Gasteiger partial charge is 0.550 e. The van der Waals surface area contributed by atoms with Crippen molar-refractivity contribution in [2.24, 2.45) is 0 Å². The SMILES string of the molecule is CC(Oc1ccccc1)[P+](=O)O. The lowest BCUT2D eigenvalue weighted by atomic mass is 10.3. The van der Waals surface area contributed by atoms with Gasteiger partial charge in [0.25, 0.3) is 0 Å². The molecule has 3 nitrogen and oxygen atoms in total. The minimum atomic E-state index is -2.26. The van der Waals surface area contributed by atoms with Crippen LogP contribution in [0.15, 0.2) is 30.3 Å². The van der Waals surface area contributed by atoms with Gasteiger partial charge in [0, 0.05) is 6.92 Å². The standard InChI is InChI=1S/C8H9O3P/c1-7(12(9)10)11-8-5-3-2-4-6-8/h2-7H,1H3/p+1. The van der Waals surface area contributed by atoms with Gasteiger partial charge in [0.2, 0.25) is 0 Å². The minimum absolute atomic E-state index is 0.613. The average Bonchev–Trinajstić information content (AvgIpc) is 2.06. The van der Waals surface area contributed by atoms with Crippen LogP contribution < -0.4 is 4.74 Å². The summed E-state index contributed by atoms with van der Waals surface area (Å²) in [6, 6.07) is 8.97. The first-order chi connectivity index (χ1) is 5.70. The molecular weight excluding hydrogens is 175 g/mol. The molecule has 0 spiro atoms. The lowest BCUT2D eigenvalue weighted by Gasteiger charge is -2.02. The molecule has 2 unspecified atom stereocenters. The quantitative estimate of drug-likeness (QED) is 0.734. The van der Waals surface area contributed by atoms with Crippen LogP contribution in [0.5, 0.6) is 5.75 Å². The summed E-state index contributed by atoms with van der Waals surface area (Å²) < 4.78 is 15.7. The van der Waals surface area contributed by atoms with Crippen LogP contribution in [0.3, 0.4) is 0 Å². The lowest BCUT2D eigenvalue weighted by Crippen LogP contribution is -2.05. The van der Waals surface area contributed by atoms with Gasteiger partial charge in [-0.15, -0.1) is 0 Å². The van der Waals surface area contributed by atoms with Crippen molar-refractivity contribution < 1.29 is 14.2 Å². The van der Waals surface area contributed by atoms with Crippen LogP contribution in [0.4, 0.5) is 0 Å². The first-order valence-corrected chi connectivity index (χ1v) is 4.85. The van der Waals surface area contributed by atoms with Crippen LogP contribution >= 0.6 is 8.03 Å². The second-order valence-corrected chi connectivity index (χ2v) is 3.67. The van der Waals surface area contributed by atoms with Gasteiger partial charge in [-0.2, -0.15) is 4.89 Å². The maximum Gasteiger partial charge on any atom is 0.550 e. The van der Waals surface area contributed by atoms with Crippen LogP contribution in [0.25, 0.3) is 0 Å². The van der Waals surface area contributed by atoms with Gasteiger partial charge in [0.15, 0.2) is 0 Å². The highest BCUT2D eigenvalue weighted by atomic mass is 31.1. The summed E-state index contributed by atoms with van der Waals surface area (Å²) in [4.78, 5) is 8.67. The molecule has 1 rings (SSSR count). The predicted octanol–water partition coefficient (Wildman–Crippen LogP) is 2.15. The number of hydrogen-bond acceptors (Lipinski definition) is 2. The molecule has 0 amide bonds. The van der Waals surface area contributed by atoms with Crippen LogP contribution in [0, 0.1) is 0 Å². The van der Waals surface area contributed by atoms with E-state index >= 15 is 0 Å². The van der Waals surface area contributed by atoms with Crippen LogP contribution in [0.1, 0.15) is 6.92 Å². The van der Waals surface area contributed by atoms with Crippen molar-refractivity contribution in [1.82, 2.24) is 0 Å². The molecule has 0 heterocycles. The molecule has 0 bridgehead atoms. The van der Waals surface area contributed by atoms with Crippen LogP contribution in [-0.2, 0) is 4.57 Å². The predicted molar refractivity (Wildman–Crippen MR) is 46.4 cm³/mol. The number of para-hydroxylation sites is 1. The van der Waals surface area contributed by atoms with E-state index in [0.29, 0.717) is 5.75 Å². The Balaban J connectivity index is 2.58. The second kappa shape index (κ2) is 4.19. The fraction of sp³-hybridized carbons (Fsp3) is 0.250. The zero-order valence-corrected chi connectivity index (χ0v) is 7.57. The third-order valence-electron chi connectivity index (χ3n) is 1.36. The van der Waals surface area contributed by atoms with Crippen molar-refractivity contribution in [1.29, 1.82) is 0 Å². The van der Waals surface area contributed by atoms with Gasteiger partial charge < -0.3 is 4.74 Å². The normalized spacial score (nSPS) is 13.7. The van der Waals surface area contributed by atoms with E-state index in [1.165, 1.54) is 0 Å². The molecule has 0 radical (unpaired) electrons. The van der Waals surface area contributed by atoms with Crippen molar-refractivity contribution in [2.45, 2.75) is 12.8 Å². The number of benzene rings is 1. The summed E-state index contributed by atoms with van der Waals surface area (Å²) in [7, 11) is -2.26. The lowest BCUT2D eigenvalue weighted by molar-refractivity contribution is 0.280. The van der Waals surface area contributed by atoms with Gasteiger partial charge in [-0.3, -0.25) is 0 Å². The molecule has 0 saturated heterocycles. The van der Waals surface area contributed by atoms with E-state index in [1.54, 1.807) is 19.1 Å². The van der Waals surface area contributed by atoms with E-state index in [9.17, 15) is 4.57 Å². The van der Waals surface area contributed by atoms with Crippen molar-refractivity contribution in [3.63, 3.8) is 0 Å². The molecule has 0 aliphatic heterocycles. The van der Waals surface area contributed by atoms with Gasteiger partial charge in [0.1, 0.15) is 5.75 Å². The summed E-state index contributed by atoms with van der Waals surface area (Å²) in [5.41, 5.74) is 0. The Hall–Kier alpha value is -0.920. The summed E-state index contributed by atoms with van der Waals surface area (Å²) in [6.07, 6.45) is 0. The maximum absolute atomic E-state index is 10.5. The molecule has 64 valence electrons. The Morgan fingerprint density at radius 1 is 1.42 bits per heavy atom. The molecule has 1 aromatic carbocycles. The summed E-state index contributed by atoms with van der Waals surface area (Å²) in [5, 5.41) is 0. The highest BCUT2D eigenvalue weighted by Gasteiger charge is 2.24. The van der Waals surface area contributed by atoms with Crippen molar-refractivity contribution in [2.75, 3.05) is 0 Å². The maximum atomic E-state index is 10.5. The van der Waals surface area contributed by atoms with Crippen molar-refractivity contribution in [3.8, 4) is 5.75 Å². The molecule has 12 heavy (non-hydrogen) atoms. The van der Waals surface area contributed by atoms with Gasteiger partial charge in [-0.25, -0.2) is 0 Å². The molecule has 0 saturated carbocycles. The first-order valence-electron chi connectivity index (χ1n) is 3.57. The Morgan fingerprint density at radius 3 is 2.50 bits per heavy atom. The number of rotatable bonds is 3. The Morgan fingerprint density at radius 2 is 2.00 bits per heavy atom. The van der Waals surface area contributed by atoms with Gasteiger partial charge >= 0.3 is 13.9 Å². The zero-order chi connectivity index (χ0) is 8.97. The van der Waals surface area contributed by atoms with E-state index in [0.717, 1.165) is 0 Å². The highest BCUT2D eigenvalue weighted by molar-refractivity contribution is 7.38. The Kier molecular flexibility index (Phi) is 3.20. The first kappa shape index (κ1) is 9.17. The summed E-state index contributed by atoms with van der Waals surface area (Å²) >= 11 is 0. The highest BCUT2D eigenvalue weighted by Crippen LogP contribution is 2.24. The Labute approximate surface area is 71.9 Å². The van der Waals surface area contributed by atoms with Gasteiger partial charge in [0.05, 0.1) is 0 Å². The summed E-state index contributed by atoms with van der Waals surface area (Å²) in [5.74, 6) is -0.0372. The van der Waals surface area contributed by atoms with E-state index in [-0.39, 0.29) is 0 Å². The number of ether oxygens (including phenoxy) is 1. The number of hydrogen-bond donors (Lipinski definition) is 1. The average molecular weight is 185 g/mol. The van der Waals surface area contributed by atoms with Crippen LogP contribution in [-0.4, -0.2) is 10.7 Å². The minimum Gasteiger partial charge on any atom is -0.445 e. The monoisotopic (exact) mass is 185 g/mol. The molecule has 1 aromatic rings. The van der Waals surface area contributed by atoms with Crippen molar-refractivity contribution in [3.05, 3.63) is 30.3 Å². The molecule has 0 aromatic heterocycles. The van der Waals surface area contributed by atoms with Crippen LogP contribution in [0.2, 0.25) is 0 Å². The van der Waals surface area contributed by atoms with E-state index in [1.807, 2.05) is 18.2 Å². The Bertz CT molecular complexity index is 260. The fourth-order valence-corrected chi connectivity index (χ4v) is 0.953. The third-order valence-corrected chi connectivity index (χ3v) is 2.09. The van der Waals surface area contributed by atoms with E-state index in [4.69, 9.17) is 9.63 Å². The zero-order valence-electron chi connectivity index (χ0n) is 6.68. The third kappa shape index (κ3) is 2.61. The molecule has 0 fully saturated rings. The van der Waals surface area contributed by atoms with E-state index < -0.39 is 13.9 Å². The van der Waals surface area contributed by atoms with Gasteiger partial charge in [-0.1, -0.05) is 18.2 Å². The second-order valence-electron chi connectivity index (χ2n) is 2.33. The summed E-state index contributed by atoms with van der Waals surface area (Å²) in [6.45, 7) is 1.56. The van der Waals surface area contributed by atoms with E-state index in [2.05, 4.69) is 0 Å². The molecule has 0 aliphatic rings. The smallest absolute Gasteiger partial charge is 0.445 e. The molecular formula is C8H10O3P+. The molecule has 4 heteroatoms. The van der Waals surface area contributed by atoms with Crippen molar-refractivity contribution >= 4 is 8.03 Å².